The van der Waals surface area contributed by atoms with Crippen molar-refractivity contribution in [3.05, 3.63) is 46.8 Å². The van der Waals surface area contributed by atoms with Crippen LogP contribution in [0.15, 0.2) is 34.0 Å². The van der Waals surface area contributed by atoms with Crippen LogP contribution in [0, 0.1) is 0 Å². The highest BCUT2D eigenvalue weighted by Gasteiger charge is 2.24. The van der Waals surface area contributed by atoms with E-state index in [1.54, 1.807) is 37.2 Å². The van der Waals surface area contributed by atoms with Gasteiger partial charge in [0.15, 0.2) is 5.69 Å². The standard InChI is InChI=1S/C16H17N9O4/c1-24(2)8-11-12(19-23-25(11)14-13(17)21-29-22-14)15(26)20-18-7-9-5-3-4-6-10(9)16(27)28/h3-7H,8H2,1-2H3,(H2,17,21)(H,20,26)(H,27,28). The number of hydrogen-bond donors (Lipinski definition) is 3. The molecule has 3 rings (SSSR count). The summed E-state index contributed by atoms with van der Waals surface area (Å²) < 4.78 is 5.83. The molecule has 29 heavy (non-hydrogen) atoms. The number of aromatic nitrogens is 5. The maximum Gasteiger partial charge on any atom is 0.336 e. The molecule has 0 saturated heterocycles. The Hall–Kier alpha value is -4.13. The molecule has 3 aromatic rings. The first-order valence-electron chi connectivity index (χ1n) is 8.22. The van der Waals surface area contributed by atoms with Crippen LogP contribution in [0.4, 0.5) is 5.82 Å². The quantitative estimate of drug-likeness (QED) is 0.354. The fraction of sp³-hybridized carbons (Fsp3) is 0.188. The second-order valence-corrected chi connectivity index (χ2v) is 6.10. The van der Waals surface area contributed by atoms with Crippen LogP contribution in [-0.2, 0) is 6.54 Å². The number of carbonyl (C=O) groups excluding carboxylic acids is 1. The van der Waals surface area contributed by atoms with E-state index in [9.17, 15) is 14.7 Å². The molecule has 1 aromatic carbocycles. The summed E-state index contributed by atoms with van der Waals surface area (Å²) in [7, 11) is 3.59. The first kappa shape index (κ1) is 19.6. The number of nitrogen functional groups attached to an aromatic ring is 1. The highest BCUT2D eigenvalue weighted by Crippen LogP contribution is 2.16. The van der Waals surface area contributed by atoms with E-state index in [4.69, 9.17) is 5.73 Å². The summed E-state index contributed by atoms with van der Waals surface area (Å²) in [6.07, 6.45) is 1.23. The number of anilines is 1. The third-order valence-corrected chi connectivity index (χ3v) is 3.70. The van der Waals surface area contributed by atoms with Crippen molar-refractivity contribution in [2.45, 2.75) is 6.54 Å². The minimum atomic E-state index is -1.10. The highest BCUT2D eigenvalue weighted by atomic mass is 16.6. The van der Waals surface area contributed by atoms with Gasteiger partial charge >= 0.3 is 5.97 Å². The zero-order valence-corrected chi connectivity index (χ0v) is 15.5. The minimum absolute atomic E-state index is 0.00911. The molecule has 4 N–H and O–H groups in total. The topological polar surface area (TPSA) is 178 Å². The lowest BCUT2D eigenvalue weighted by Crippen LogP contribution is -2.23. The van der Waals surface area contributed by atoms with Crippen molar-refractivity contribution in [2.24, 2.45) is 5.10 Å². The van der Waals surface area contributed by atoms with Gasteiger partial charge in [-0.05, 0) is 30.5 Å². The van der Waals surface area contributed by atoms with Gasteiger partial charge < -0.3 is 15.7 Å². The van der Waals surface area contributed by atoms with Crippen LogP contribution in [0.1, 0.15) is 32.1 Å². The minimum Gasteiger partial charge on any atom is -0.478 e. The summed E-state index contributed by atoms with van der Waals surface area (Å²) in [6.45, 7) is 0.285. The molecular weight excluding hydrogens is 382 g/mol. The first-order valence-corrected chi connectivity index (χ1v) is 8.22. The van der Waals surface area contributed by atoms with Gasteiger partial charge in [-0.25, -0.2) is 14.8 Å². The second kappa shape index (κ2) is 8.26. The number of carbonyl (C=O) groups is 2. The Bertz CT molecular complexity index is 1070. The number of rotatable bonds is 7. The fourth-order valence-corrected chi connectivity index (χ4v) is 2.45. The number of aromatic carboxylic acids is 1. The summed E-state index contributed by atoms with van der Waals surface area (Å²) >= 11 is 0. The maximum atomic E-state index is 12.6. The fourth-order valence-electron chi connectivity index (χ4n) is 2.45. The summed E-state index contributed by atoms with van der Waals surface area (Å²) in [6, 6.07) is 6.25. The van der Waals surface area contributed by atoms with Gasteiger partial charge in [-0.1, -0.05) is 23.4 Å². The van der Waals surface area contributed by atoms with Crippen LogP contribution >= 0.6 is 0 Å². The van der Waals surface area contributed by atoms with Crippen molar-refractivity contribution in [1.29, 1.82) is 0 Å². The number of carboxylic acids is 1. The molecule has 0 bridgehead atoms. The third-order valence-electron chi connectivity index (χ3n) is 3.70. The number of hydrazone groups is 1. The van der Waals surface area contributed by atoms with Gasteiger partial charge in [0.2, 0.25) is 11.6 Å². The van der Waals surface area contributed by atoms with Gasteiger partial charge in [0.25, 0.3) is 5.91 Å². The number of carboxylic acid groups (broad SMARTS) is 1. The molecule has 0 aliphatic rings. The molecule has 0 spiro atoms. The maximum absolute atomic E-state index is 12.6. The van der Waals surface area contributed by atoms with Crippen LogP contribution in [-0.4, -0.2) is 67.5 Å². The summed E-state index contributed by atoms with van der Waals surface area (Å²) in [4.78, 5) is 25.6. The predicted molar refractivity (Wildman–Crippen MR) is 99.5 cm³/mol. The zero-order chi connectivity index (χ0) is 21.0. The molecule has 0 saturated carbocycles. The summed E-state index contributed by atoms with van der Waals surface area (Å²) in [5.41, 5.74) is 8.77. The lowest BCUT2D eigenvalue weighted by Gasteiger charge is -2.11. The van der Waals surface area contributed by atoms with Crippen LogP contribution in [0.3, 0.4) is 0 Å². The van der Waals surface area contributed by atoms with Crippen LogP contribution in [0.25, 0.3) is 5.82 Å². The zero-order valence-electron chi connectivity index (χ0n) is 15.5. The van der Waals surface area contributed by atoms with Gasteiger partial charge in [-0.3, -0.25) is 4.79 Å². The molecule has 0 aliphatic carbocycles. The number of benzene rings is 1. The van der Waals surface area contributed by atoms with Crippen molar-refractivity contribution in [3.8, 4) is 5.82 Å². The molecule has 0 fully saturated rings. The number of hydrogen-bond acceptors (Lipinski definition) is 10. The summed E-state index contributed by atoms with van der Waals surface area (Å²) in [5, 5.41) is 27.9. The number of nitrogens with one attached hydrogen (secondary N) is 1. The van der Waals surface area contributed by atoms with Crippen molar-refractivity contribution < 1.29 is 19.3 Å². The Morgan fingerprint density at radius 1 is 1.34 bits per heavy atom. The molecule has 13 nitrogen and oxygen atoms in total. The first-order chi connectivity index (χ1) is 13.9. The summed E-state index contributed by atoms with van der Waals surface area (Å²) in [5.74, 6) is -1.65. The molecule has 13 heteroatoms. The Morgan fingerprint density at radius 3 is 2.76 bits per heavy atom. The predicted octanol–water partition coefficient (Wildman–Crippen LogP) is -0.244. The molecule has 2 aromatic heterocycles. The number of nitrogens with two attached hydrogens (primary N) is 1. The van der Waals surface area contributed by atoms with Gasteiger partial charge in [-0.2, -0.15) is 9.78 Å². The van der Waals surface area contributed by atoms with E-state index in [-0.39, 0.29) is 29.4 Å². The Kier molecular flexibility index (Phi) is 5.59. The van der Waals surface area contributed by atoms with Crippen molar-refractivity contribution in [1.82, 2.24) is 35.6 Å². The lowest BCUT2D eigenvalue weighted by molar-refractivity contribution is 0.0696. The largest absolute Gasteiger partial charge is 0.478 e. The molecule has 0 atom stereocenters. The normalized spacial score (nSPS) is 11.3. The van der Waals surface area contributed by atoms with Gasteiger partial charge in [0, 0.05) is 12.1 Å². The number of amides is 1. The number of nitrogens with zero attached hydrogens (tertiary/aromatic N) is 7. The van der Waals surface area contributed by atoms with Crippen LogP contribution in [0.5, 0.6) is 0 Å². The van der Waals surface area contributed by atoms with Crippen LogP contribution in [0.2, 0.25) is 0 Å². The molecule has 0 unspecified atom stereocenters. The van der Waals surface area contributed by atoms with E-state index in [2.05, 4.69) is 35.8 Å². The van der Waals surface area contributed by atoms with E-state index >= 15 is 0 Å². The molecular formula is C16H17N9O4. The van der Waals surface area contributed by atoms with E-state index in [1.807, 2.05) is 0 Å². The Morgan fingerprint density at radius 2 is 2.10 bits per heavy atom. The Balaban J connectivity index is 1.85. The van der Waals surface area contributed by atoms with Crippen molar-refractivity contribution >= 4 is 23.9 Å². The van der Waals surface area contributed by atoms with Crippen molar-refractivity contribution in [2.75, 3.05) is 19.8 Å². The molecule has 0 aliphatic heterocycles. The molecule has 150 valence electrons. The van der Waals surface area contributed by atoms with E-state index in [1.165, 1.54) is 17.0 Å². The van der Waals surface area contributed by atoms with E-state index in [0.29, 0.717) is 11.3 Å². The van der Waals surface area contributed by atoms with Crippen molar-refractivity contribution in [3.63, 3.8) is 0 Å². The van der Waals surface area contributed by atoms with Gasteiger partial charge in [0.1, 0.15) is 0 Å². The van der Waals surface area contributed by atoms with E-state index in [0.717, 1.165) is 0 Å². The molecule has 0 radical (unpaired) electrons. The lowest BCUT2D eigenvalue weighted by atomic mass is 10.1. The molecule has 1 amide bonds. The van der Waals surface area contributed by atoms with Gasteiger partial charge in [0.05, 0.1) is 17.5 Å². The Labute approximate surface area is 163 Å². The SMILES string of the molecule is CN(C)Cc1c(C(=O)NN=Cc2ccccc2C(=O)O)nnn1-c1nonc1N. The smallest absolute Gasteiger partial charge is 0.336 e. The van der Waals surface area contributed by atoms with Crippen LogP contribution < -0.4 is 11.2 Å². The average molecular weight is 399 g/mol. The molecule has 2 heterocycles. The average Bonchev–Trinajstić information content (AvgIpc) is 3.27. The monoisotopic (exact) mass is 399 g/mol. The second-order valence-electron chi connectivity index (χ2n) is 6.10. The third kappa shape index (κ3) is 4.24. The highest BCUT2D eigenvalue weighted by molar-refractivity contribution is 5.99. The van der Waals surface area contributed by atoms with Gasteiger partial charge in [-0.15, -0.1) is 5.10 Å². The van der Waals surface area contributed by atoms with E-state index < -0.39 is 11.9 Å².